The van der Waals surface area contributed by atoms with Crippen LogP contribution in [-0.2, 0) is 9.59 Å². The molecule has 0 aromatic heterocycles. The minimum absolute atomic E-state index is 0.0497. The van der Waals surface area contributed by atoms with E-state index in [1.165, 1.54) is 12.8 Å². The Morgan fingerprint density at radius 2 is 1.82 bits per heavy atom. The summed E-state index contributed by atoms with van der Waals surface area (Å²) in [6.07, 6.45) is 3.52. The molecule has 22 heavy (non-hydrogen) atoms. The SMILES string of the molecule is CCNC(=O)CN1CCN(C(=O)C2C3CCC(C3)C2N)CC1. The number of carbonyl (C=O) groups is 2. The van der Waals surface area contributed by atoms with Crippen LogP contribution in [0.15, 0.2) is 0 Å². The van der Waals surface area contributed by atoms with Crippen LogP contribution in [0.1, 0.15) is 26.2 Å². The highest BCUT2D eigenvalue weighted by atomic mass is 16.2. The summed E-state index contributed by atoms with van der Waals surface area (Å²) in [5, 5.41) is 2.82. The number of nitrogens with one attached hydrogen (secondary N) is 1. The van der Waals surface area contributed by atoms with Gasteiger partial charge in [0.2, 0.25) is 11.8 Å². The highest BCUT2D eigenvalue weighted by Gasteiger charge is 2.50. The molecule has 2 amide bonds. The van der Waals surface area contributed by atoms with Gasteiger partial charge < -0.3 is 16.0 Å². The maximum absolute atomic E-state index is 12.8. The molecule has 0 radical (unpaired) electrons. The lowest BCUT2D eigenvalue weighted by molar-refractivity contribution is -0.139. The van der Waals surface area contributed by atoms with Crippen LogP contribution in [0.25, 0.3) is 0 Å². The van der Waals surface area contributed by atoms with E-state index in [1.807, 2.05) is 11.8 Å². The summed E-state index contributed by atoms with van der Waals surface area (Å²) in [7, 11) is 0. The van der Waals surface area contributed by atoms with Gasteiger partial charge in [0, 0.05) is 38.8 Å². The number of piperazine rings is 1. The van der Waals surface area contributed by atoms with Gasteiger partial charge in [-0.05, 0) is 38.0 Å². The molecular formula is C16H28N4O2. The Balaban J connectivity index is 1.49. The first-order valence-corrected chi connectivity index (χ1v) is 8.63. The molecule has 1 aliphatic heterocycles. The van der Waals surface area contributed by atoms with Crippen LogP contribution in [0.3, 0.4) is 0 Å². The van der Waals surface area contributed by atoms with Crippen molar-refractivity contribution in [3.63, 3.8) is 0 Å². The van der Waals surface area contributed by atoms with Gasteiger partial charge in [-0.3, -0.25) is 14.5 Å². The first-order valence-electron chi connectivity index (χ1n) is 8.63. The van der Waals surface area contributed by atoms with Gasteiger partial charge in [-0.2, -0.15) is 0 Å². The second-order valence-electron chi connectivity index (χ2n) is 6.99. The molecule has 0 aromatic rings. The quantitative estimate of drug-likeness (QED) is 0.743. The van der Waals surface area contributed by atoms with Gasteiger partial charge in [0.15, 0.2) is 0 Å². The number of carbonyl (C=O) groups excluding carboxylic acids is 2. The molecule has 0 spiro atoms. The van der Waals surface area contributed by atoms with Crippen molar-refractivity contribution in [1.29, 1.82) is 0 Å². The Hall–Kier alpha value is -1.14. The molecule has 3 fully saturated rings. The maximum atomic E-state index is 12.8. The van der Waals surface area contributed by atoms with Crippen LogP contribution in [0.5, 0.6) is 0 Å². The lowest BCUT2D eigenvalue weighted by Gasteiger charge is -2.38. The summed E-state index contributed by atoms with van der Waals surface area (Å²) in [6, 6.07) is 0.0691. The van der Waals surface area contributed by atoms with E-state index in [1.54, 1.807) is 0 Å². The van der Waals surface area contributed by atoms with Crippen LogP contribution < -0.4 is 11.1 Å². The summed E-state index contributed by atoms with van der Waals surface area (Å²) < 4.78 is 0. The lowest BCUT2D eigenvalue weighted by atomic mass is 9.84. The van der Waals surface area contributed by atoms with Crippen molar-refractivity contribution < 1.29 is 9.59 Å². The fourth-order valence-electron chi connectivity index (χ4n) is 4.50. The Morgan fingerprint density at radius 3 is 2.41 bits per heavy atom. The molecule has 1 heterocycles. The number of fused-ring (bicyclic) bond motifs is 2. The van der Waals surface area contributed by atoms with Crippen molar-refractivity contribution in [1.82, 2.24) is 15.1 Å². The maximum Gasteiger partial charge on any atom is 0.234 e. The molecular weight excluding hydrogens is 280 g/mol. The van der Waals surface area contributed by atoms with Gasteiger partial charge in [0.25, 0.3) is 0 Å². The summed E-state index contributed by atoms with van der Waals surface area (Å²) >= 11 is 0. The minimum atomic E-state index is 0.0497. The molecule has 3 rings (SSSR count). The van der Waals surface area contributed by atoms with E-state index in [-0.39, 0.29) is 23.8 Å². The second kappa shape index (κ2) is 6.54. The summed E-state index contributed by atoms with van der Waals surface area (Å²) in [4.78, 5) is 28.5. The monoisotopic (exact) mass is 308 g/mol. The minimum Gasteiger partial charge on any atom is -0.355 e. The molecule has 3 N–H and O–H groups in total. The van der Waals surface area contributed by atoms with E-state index < -0.39 is 0 Å². The third kappa shape index (κ3) is 2.99. The molecule has 124 valence electrons. The van der Waals surface area contributed by atoms with E-state index >= 15 is 0 Å². The summed E-state index contributed by atoms with van der Waals surface area (Å²) in [5.41, 5.74) is 6.29. The zero-order valence-corrected chi connectivity index (χ0v) is 13.5. The van der Waals surface area contributed by atoms with Gasteiger partial charge in [0.05, 0.1) is 12.5 Å². The van der Waals surface area contributed by atoms with E-state index in [2.05, 4.69) is 10.2 Å². The molecule has 2 saturated carbocycles. The van der Waals surface area contributed by atoms with E-state index in [4.69, 9.17) is 5.73 Å². The van der Waals surface area contributed by atoms with E-state index in [9.17, 15) is 9.59 Å². The molecule has 6 heteroatoms. The highest BCUT2D eigenvalue weighted by molar-refractivity contribution is 5.81. The van der Waals surface area contributed by atoms with Gasteiger partial charge in [-0.25, -0.2) is 0 Å². The lowest BCUT2D eigenvalue weighted by Crippen LogP contribution is -2.55. The van der Waals surface area contributed by atoms with Gasteiger partial charge in [0.1, 0.15) is 0 Å². The van der Waals surface area contributed by atoms with Crippen molar-refractivity contribution in [3.05, 3.63) is 0 Å². The standard InChI is InChI=1S/C16H28N4O2/c1-2-18-13(21)10-19-5-7-20(8-6-19)16(22)14-11-3-4-12(9-11)15(14)17/h11-12,14-15H,2-10,17H2,1H3,(H,18,21). The number of rotatable bonds is 4. The van der Waals surface area contributed by atoms with Gasteiger partial charge >= 0.3 is 0 Å². The van der Waals surface area contributed by atoms with Crippen LogP contribution in [0, 0.1) is 17.8 Å². The van der Waals surface area contributed by atoms with Crippen LogP contribution in [0.4, 0.5) is 0 Å². The van der Waals surface area contributed by atoms with Gasteiger partial charge in [-0.1, -0.05) is 0 Å². The fraction of sp³-hybridized carbons (Fsp3) is 0.875. The average Bonchev–Trinajstić information content (AvgIpc) is 3.08. The smallest absolute Gasteiger partial charge is 0.234 e. The zero-order valence-electron chi connectivity index (χ0n) is 13.5. The fourth-order valence-corrected chi connectivity index (χ4v) is 4.50. The molecule has 4 atom stereocenters. The van der Waals surface area contributed by atoms with Crippen molar-refractivity contribution in [2.45, 2.75) is 32.2 Å². The number of likely N-dealkylation sites (N-methyl/N-ethyl adjacent to an activating group) is 1. The second-order valence-corrected chi connectivity index (χ2v) is 6.99. The number of amides is 2. The first-order chi connectivity index (χ1) is 10.6. The number of nitrogens with zero attached hydrogens (tertiary/aromatic N) is 2. The number of nitrogens with two attached hydrogens (primary N) is 1. The molecule has 6 nitrogen and oxygen atoms in total. The van der Waals surface area contributed by atoms with Crippen LogP contribution in [-0.4, -0.2) is 66.9 Å². The average molecular weight is 308 g/mol. The summed E-state index contributed by atoms with van der Waals surface area (Å²) in [5.74, 6) is 1.46. The zero-order chi connectivity index (χ0) is 15.7. The van der Waals surface area contributed by atoms with E-state index in [0.29, 0.717) is 24.9 Å². The predicted octanol–water partition coefficient (Wildman–Crippen LogP) is -0.360. The Bertz CT molecular complexity index is 432. The van der Waals surface area contributed by atoms with Crippen molar-refractivity contribution in [2.24, 2.45) is 23.5 Å². The molecule has 1 saturated heterocycles. The van der Waals surface area contributed by atoms with Crippen molar-refractivity contribution in [2.75, 3.05) is 39.3 Å². The van der Waals surface area contributed by atoms with Gasteiger partial charge in [-0.15, -0.1) is 0 Å². The predicted molar refractivity (Wildman–Crippen MR) is 84.0 cm³/mol. The van der Waals surface area contributed by atoms with Crippen molar-refractivity contribution >= 4 is 11.8 Å². The third-order valence-corrected chi connectivity index (χ3v) is 5.69. The Kier molecular flexibility index (Phi) is 4.68. The Labute approximate surface area is 132 Å². The van der Waals surface area contributed by atoms with E-state index in [0.717, 1.165) is 32.6 Å². The Morgan fingerprint density at radius 1 is 1.14 bits per heavy atom. The number of hydrogen-bond donors (Lipinski definition) is 2. The molecule has 3 aliphatic rings. The van der Waals surface area contributed by atoms with Crippen molar-refractivity contribution in [3.8, 4) is 0 Å². The third-order valence-electron chi connectivity index (χ3n) is 5.69. The topological polar surface area (TPSA) is 78.7 Å². The highest BCUT2D eigenvalue weighted by Crippen LogP contribution is 2.48. The summed E-state index contributed by atoms with van der Waals surface area (Å²) in [6.45, 7) is 6.02. The first kappa shape index (κ1) is 15.7. The molecule has 0 aromatic carbocycles. The number of hydrogen-bond acceptors (Lipinski definition) is 4. The molecule has 4 unspecified atom stereocenters. The molecule has 2 bridgehead atoms. The van der Waals surface area contributed by atoms with Crippen LogP contribution >= 0.6 is 0 Å². The van der Waals surface area contributed by atoms with Crippen LogP contribution in [0.2, 0.25) is 0 Å². The molecule has 2 aliphatic carbocycles. The normalized spacial score (nSPS) is 34.9. The largest absolute Gasteiger partial charge is 0.355 e.